The molecule has 0 saturated carbocycles. The van der Waals surface area contributed by atoms with Gasteiger partial charge in [0, 0.05) is 74.6 Å². The number of rotatable bonds is 15. The lowest BCUT2D eigenvalue weighted by Gasteiger charge is -2.31. The maximum Gasteiger partial charge on any atom is 0.294 e. The second-order valence-corrected chi connectivity index (χ2v) is 18.6. The molecule has 70 heavy (non-hydrogen) atoms. The molecule has 2 aliphatic rings. The molecule has 4 aromatic heterocycles. The van der Waals surface area contributed by atoms with Crippen molar-refractivity contribution in [2.24, 2.45) is 14.1 Å². The highest BCUT2D eigenvalue weighted by Gasteiger charge is 2.29. The Morgan fingerprint density at radius 3 is 1.59 bits per heavy atom. The van der Waals surface area contributed by atoms with Crippen LogP contribution in [0.4, 0.5) is 20.7 Å². The van der Waals surface area contributed by atoms with E-state index >= 15 is 0 Å². The van der Waals surface area contributed by atoms with Gasteiger partial charge < -0.3 is 34.9 Å². The van der Waals surface area contributed by atoms with Gasteiger partial charge in [0.15, 0.2) is 34.5 Å². The Kier molecular flexibility index (Phi) is 15.5. The number of aryl methyl sites for hydroxylation is 2. The number of piperidine rings is 2. The number of fused-ring (bicyclic) bond motifs is 2. The Hall–Kier alpha value is -7.23. The lowest BCUT2D eigenvalue weighted by atomic mass is 10.1. The molecule has 0 unspecified atom stereocenters. The lowest BCUT2D eigenvalue weighted by molar-refractivity contribution is 0.318. The summed E-state index contributed by atoms with van der Waals surface area (Å²) in [4.78, 5) is 43.8. The van der Waals surface area contributed by atoms with E-state index in [2.05, 4.69) is 35.9 Å². The molecule has 18 nitrogen and oxygen atoms in total. The average molecular weight is 981 g/mol. The lowest BCUT2D eigenvalue weighted by Crippen LogP contribution is -2.43. The number of sulfonamides is 1. The fraction of sp³-hybridized carbons (Fsp3) is 0.347. The fourth-order valence-corrected chi connectivity index (χ4v) is 9.67. The van der Waals surface area contributed by atoms with E-state index in [0.717, 1.165) is 31.5 Å². The number of pyridine rings is 2. The van der Waals surface area contributed by atoms with Crippen LogP contribution in [-0.2, 0) is 29.9 Å². The van der Waals surface area contributed by atoms with Gasteiger partial charge in [-0.15, -0.1) is 0 Å². The van der Waals surface area contributed by atoms with Gasteiger partial charge in [0.25, 0.3) is 11.1 Å². The normalized spacial score (nSPS) is 14.7. The zero-order valence-corrected chi connectivity index (χ0v) is 40.0. The first kappa shape index (κ1) is 49.2. The van der Waals surface area contributed by atoms with Gasteiger partial charge in [0.1, 0.15) is 22.9 Å². The first-order valence-corrected chi connectivity index (χ1v) is 24.6. The highest BCUT2D eigenvalue weighted by molar-refractivity contribution is 7.88. The molecule has 0 atom stereocenters. The molecular formula is C49H54F2N10O8S. The number of nitrogens with one attached hydrogen (secondary N) is 3. The van der Waals surface area contributed by atoms with Crippen LogP contribution in [0.1, 0.15) is 45.1 Å². The van der Waals surface area contributed by atoms with Gasteiger partial charge in [-0.05, 0) is 94.6 Å². The second kappa shape index (κ2) is 22.0. The van der Waals surface area contributed by atoms with E-state index in [-0.39, 0.29) is 51.9 Å². The van der Waals surface area contributed by atoms with Crippen molar-refractivity contribution in [3.63, 3.8) is 0 Å². The molecule has 3 N–H and O–H groups in total. The molecule has 21 heteroatoms. The first-order chi connectivity index (χ1) is 33.8. The molecule has 3 aromatic carbocycles. The summed E-state index contributed by atoms with van der Waals surface area (Å²) in [6, 6.07) is 20.3. The van der Waals surface area contributed by atoms with Crippen molar-refractivity contribution < 1.29 is 36.1 Å². The van der Waals surface area contributed by atoms with E-state index in [1.807, 2.05) is 30.3 Å². The SMILES string of the molecule is CCOc1cc(F)ccc1Oc1cc2cnc(NC3CCN(S(=O)(=O)Cc4ccccc4)CC3)nc2n(C)c1=O.CCOc1cc(F)ccc1Oc1cc2cnc(NC3CCNCC3)nc2n(C)c1=O. The highest BCUT2D eigenvalue weighted by Crippen LogP contribution is 2.34. The van der Waals surface area contributed by atoms with Gasteiger partial charge in [-0.1, -0.05) is 30.3 Å². The number of ether oxygens (including phenoxy) is 4. The maximum atomic E-state index is 13.7. The molecule has 7 aromatic rings. The third-order valence-corrected chi connectivity index (χ3v) is 13.6. The number of nitrogens with zero attached hydrogens (tertiary/aromatic N) is 7. The van der Waals surface area contributed by atoms with Gasteiger partial charge in [0.2, 0.25) is 21.9 Å². The minimum atomic E-state index is -3.41. The predicted octanol–water partition coefficient (Wildman–Crippen LogP) is 6.89. The zero-order chi connectivity index (χ0) is 49.4. The van der Waals surface area contributed by atoms with Crippen LogP contribution < -0.4 is 46.0 Å². The average Bonchev–Trinajstić information content (AvgIpc) is 3.35. The molecule has 368 valence electrons. The molecule has 0 aliphatic carbocycles. The Morgan fingerprint density at radius 1 is 0.643 bits per heavy atom. The molecule has 0 bridgehead atoms. The quantitative estimate of drug-likeness (QED) is 0.0957. The molecule has 0 radical (unpaired) electrons. The summed E-state index contributed by atoms with van der Waals surface area (Å²) in [7, 11) is -0.195. The number of anilines is 2. The summed E-state index contributed by atoms with van der Waals surface area (Å²) in [5.41, 5.74) is 0.880. The summed E-state index contributed by atoms with van der Waals surface area (Å²) in [5, 5.41) is 11.2. The van der Waals surface area contributed by atoms with Crippen LogP contribution in [0.5, 0.6) is 34.5 Å². The van der Waals surface area contributed by atoms with Crippen LogP contribution in [0.3, 0.4) is 0 Å². The van der Waals surface area contributed by atoms with Crippen LogP contribution in [0.25, 0.3) is 22.1 Å². The van der Waals surface area contributed by atoms with Crippen LogP contribution in [0, 0.1) is 11.6 Å². The van der Waals surface area contributed by atoms with Crippen molar-refractivity contribution in [1.82, 2.24) is 38.7 Å². The standard InChI is InChI=1S/C28H30FN5O5S.C21H24FN5O3/c1-3-38-24-16-21(29)9-10-23(24)39-25-15-20-17-30-28(32-26(20)33(2)27(25)35)31-22-11-13-34(14-12-22)40(36,37)18-19-7-5-4-6-8-19;1-3-29-17-11-14(22)4-5-16(17)30-18-10-13-12-24-21(25-15-6-8-23-9-7-15)26-19(13)27(2)20(18)28/h4-10,15-17,22H,3,11-14,18H2,1-2H3,(H,30,31,32);4-5,10-12,15,23H,3,6-9H2,1-2H3,(H,24,25,26). The largest absolute Gasteiger partial charge is 0.490 e. The molecule has 2 aliphatic heterocycles. The topological polar surface area (TPSA) is 206 Å². The van der Waals surface area contributed by atoms with Crippen molar-refractivity contribution in [2.75, 3.05) is 50.0 Å². The molecular weight excluding hydrogens is 927 g/mol. The Bertz CT molecular complexity index is 3200. The van der Waals surface area contributed by atoms with Crippen molar-refractivity contribution >= 4 is 44.0 Å². The molecule has 0 amide bonds. The van der Waals surface area contributed by atoms with Crippen LogP contribution >= 0.6 is 0 Å². The fourth-order valence-electron chi connectivity index (χ4n) is 8.11. The van der Waals surface area contributed by atoms with E-state index < -0.39 is 27.2 Å². The summed E-state index contributed by atoms with van der Waals surface area (Å²) >= 11 is 0. The first-order valence-electron chi connectivity index (χ1n) is 23.0. The number of halogens is 2. The van der Waals surface area contributed by atoms with Crippen LogP contribution in [0.15, 0.2) is 101 Å². The van der Waals surface area contributed by atoms with E-state index in [1.54, 1.807) is 46.4 Å². The third kappa shape index (κ3) is 11.8. The Morgan fingerprint density at radius 2 is 1.11 bits per heavy atom. The molecule has 2 fully saturated rings. The molecule has 0 spiro atoms. The summed E-state index contributed by atoms with van der Waals surface area (Å²) < 4.78 is 79.7. The zero-order valence-electron chi connectivity index (χ0n) is 39.2. The van der Waals surface area contributed by atoms with Crippen molar-refractivity contribution in [3.05, 3.63) is 129 Å². The smallest absolute Gasteiger partial charge is 0.294 e. The van der Waals surface area contributed by atoms with E-state index in [4.69, 9.17) is 18.9 Å². The summed E-state index contributed by atoms with van der Waals surface area (Å²) in [6.07, 6.45) is 6.43. The monoisotopic (exact) mass is 980 g/mol. The van der Waals surface area contributed by atoms with Crippen molar-refractivity contribution in [1.29, 1.82) is 0 Å². The molecule has 9 rings (SSSR count). The number of hydrogen-bond donors (Lipinski definition) is 3. The number of aromatic nitrogens is 6. The Labute approximate surface area is 402 Å². The van der Waals surface area contributed by atoms with Gasteiger partial charge in [-0.3, -0.25) is 18.7 Å². The Balaban J connectivity index is 0.000000196. The minimum Gasteiger partial charge on any atom is -0.490 e. The van der Waals surface area contributed by atoms with Gasteiger partial charge in [-0.2, -0.15) is 9.97 Å². The molecule has 2 saturated heterocycles. The van der Waals surface area contributed by atoms with Gasteiger partial charge in [-0.25, -0.2) is 31.5 Å². The predicted molar refractivity (Wildman–Crippen MR) is 262 cm³/mol. The second-order valence-electron chi connectivity index (χ2n) is 16.7. The maximum absolute atomic E-state index is 13.7. The number of benzene rings is 3. The van der Waals surface area contributed by atoms with E-state index in [1.165, 1.54) is 55.9 Å². The van der Waals surface area contributed by atoms with E-state index in [0.29, 0.717) is 79.2 Å². The van der Waals surface area contributed by atoms with Crippen molar-refractivity contribution in [2.45, 2.75) is 57.4 Å². The third-order valence-electron chi connectivity index (χ3n) is 11.7. The molecule has 6 heterocycles. The van der Waals surface area contributed by atoms with Crippen LogP contribution in [-0.4, -0.2) is 93.3 Å². The number of hydrogen-bond acceptors (Lipinski definition) is 15. The minimum absolute atomic E-state index is 0.0178. The van der Waals surface area contributed by atoms with Gasteiger partial charge in [0.05, 0.1) is 19.0 Å². The van der Waals surface area contributed by atoms with Gasteiger partial charge >= 0.3 is 0 Å². The van der Waals surface area contributed by atoms with Crippen molar-refractivity contribution in [3.8, 4) is 34.5 Å². The van der Waals surface area contributed by atoms with Crippen LogP contribution in [0.2, 0.25) is 0 Å². The highest BCUT2D eigenvalue weighted by atomic mass is 32.2. The summed E-state index contributed by atoms with van der Waals surface area (Å²) in [6.45, 7) is 6.91. The van der Waals surface area contributed by atoms with E-state index in [9.17, 15) is 26.8 Å². The summed E-state index contributed by atoms with van der Waals surface area (Å²) in [5.74, 6) is 0.917.